The Kier molecular flexibility index (Phi) is 4.09. The molecule has 104 valence electrons. The molecule has 0 atom stereocenters. The van der Waals surface area contributed by atoms with E-state index in [1.807, 2.05) is 48.5 Å². The average molecular weight is 295 g/mol. The van der Waals surface area contributed by atoms with E-state index < -0.39 is 0 Å². The molecular weight excluding hydrogens is 282 g/mol. The predicted molar refractivity (Wildman–Crippen MR) is 83.6 cm³/mol. The number of nitrogens with two attached hydrogens (primary N) is 1. The van der Waals surface area contributed by atoms with Gasteiger partial charge in [-0.3, -0.25) is 0 Å². The van der Waals surface area contributed by atoms with Crippen LogP contribution in [0.3, 0.4) is 0 Å². The Labute approximate surface area is 126 Å². The van der Waals surface area contributed by atoms with E-state index in [1.165, 1.54) is 11.8 Å². The molecule has 0 radical (unpaired) electrons. The molecule has 0 saturated heterocycles. The van der Waals surface area contributed by atoms with Gasteiger partial charge in [-0.25, -0.2) is 20.8 Å². The Morgan fingerprint density at radius 2 is 1.71 bits per heavy atom. The molecule has 5 nitrogen and oxygen atoms in total. The molecule has 0 aliphatic carbocycles. The zero-order valence-electron chi connectivity index (χ0n) is 11.1. The topological polar surface area (TPSA) is 76.7 Å². The Bertz CT molecular complexity index is 719. The number of nitrogens with zero attached hydrogens (tertiary/aromatic N) is 3. The third-order valence-corrected chi connectivity index (χ3v) is 3.60. The van der Waals surface area contributed by atoms with Crippen LogP contribution in [0.1, 0.15) is 0 Å². The molecule has 0 unspecified atom stereocenters. The number of hydrazine groups is 1. The Hall–Kier alpha value is -2.44. The Morgan fingerprint density at radius 3 is 2.43 bits per heavy atom. The van der Waals surface area contributed by atoms with E-state index in [0.29, 0.717) is 11.6 Å². The second-order valence-corrected chi connectivity index (χ2v) is 5.24. The highest BCUT2D eigenvalue weighted by molar-refractivity contribution is 7.99. The van der Waals surface area contributed by atoms with Crippen molar-refractivity contribution in [2.24, 2.45) is 5.84 Å². The van der Waals surface area contributed by atoms with Gasteiger partial charge in [0, 0.05) is 17.8 Å². The molecule has 0 aliphatic heterocycles. The maximum absolute atomic E-state index is 5.49. The third kappa shape index (κ3) is 3.36. The molecule has 3 aromatic rings. The highest BCUT2D eigenvalue weighted by atomic mass is 32.2. The van der Waals surface area contributed by atoms with E-state index >= 15 is 0 Å². The van der Waals surface area contributed by atoms with Gasteiger partial charge in [0.15, 0.2) is 5.82 Å². The summed E-state index contributed by atoms with van der Waals surface area (Å²) in [7, 11) is 0. The number of hydrogen-bond acceptors (Lipinski definition) is 6. The maximum Gasteiger partial charge on any atom is 0.162 e. The summed E-state index contributed by atoms with van der Waals surface area (Å²) >= 11 is 1.47. The average Bonchev–Trinajstić information content (AvgIpc) is 2.56. The monoisotopic (exact) mass is 295 g/mol. The van der Waals surface area contributed by atoms with Crippen LogP contribution in [-0.4, -0.2) is 15.0 Å². The maximum atomic E-state index is 5.49. The van der Waals surface area contributed by atoms with E-state index in [1.54, 1.807) is 12.3 Å². The lowest BCUT2D eigenvalue weighted by atomic mass is 10.2. The second kappa shape index (κ2) is 6.34. The standard InChI is InChI=1S/C15H13N5S/c16-20-12-10-14(21-13-8-4-5-9-17-13)19-15(18-12)11-6-2-1-3-7-11/h1-10H,16H2,(H,18,19,20). The number of pyridine rings is 1. The zero-order valence-corrected chi connectivity index (χ0v) is 11.9. The van der Waals surface area contributed by atoms with Crippen LogP contribution in [0.5, 0.6) is 0 Å². The van der Waals surface area contributed by atoms with Crippen molar-refractivity contribution >= 4 is 17.6 Å². The van der Waals surface area contributed by atoms with Crippen molar-refractivity contribution < 1.29 is 0 Å². The lowest BCUT2D eigenvalue weighted by Crippen LogP contribution is -2.09. The number of hydrogen-bond donors (Lipinski definition) is 2. The van der Waals surface area contributed by atoms with Gasteiger partial charge in [0.1, 0.15) is 15.9 Å². The van der Waals surface area contributed by atoms with E-state index in [-0.39, 0.29) is 0 Å². The van der Waals surface area contributed by atoms with Crippen LogP contribution in [0.2, 0.25) is 0 Å². The number of anilines is 1. The van der Waals surface area contributed by atoms with Crippen LogP contribution in [0, 0.1) is 0 Å². The molecular formula is C15H13N5S. The van der Waals surface area contributed by atoms with Crippen molar-refractivity contribution in [3.05, 3.63) is 60.8 Å². The van der Waals surface area contributed by atoms with Crippen LogP contribution in [0.15, 0.2) is 70.8 Å². The first kappa shape index (κ1) is 13.5. The lowest BCUT2D eigenvalue weighted by molar-refractivity contribution is 1.04. The molecule has 2 aromatic heterocycles. The Morgan fingerprint density at radius 1 is 0.905 bits per heavy atom. The highest BCUT2D eigenvalue weighted by Crippen LogP contribution is 2.27. The number of nitrogens with one attached hydrogen (secondary N) is 1. The van der Waals surface area contributed by atoms with Crippen molar-refractivity contribution in [2.75, 3.05) is 5.43 Å². The summed E-state index contributed by atoms with van der Waals surface area (Å²) in [5, 5.41) is 1.66. The summed E-state index contributed by atoms with van der Waals surface area (Å²) < 4.78 is 0. The van der Waals surface area contributed by atoms with Crippen LogP contribution in [0.25, 0.3) is 11.4 Å². The van der Waals surface area contributed by atoms with Crippen molar-refractivity contribution in [1.29, 1.82) is 0 Å². The third-order valence-electron chi connectivity index (χ3n) is 2.73. The molecule has 1 aromatic carbocycles. The molecule has 3 rings (SSSR count). The molecule has 6 heteroatoms. The van der Waals surface area contributed by atoms with Gasteiger partial charge in [-0.15, -0.1) is 0 Å². The summed E-state index contributed by atoms with van der Waals surface area (Å²) in [6, 6.07) is 17.3. The smallest absolute Gasteiger partial charge is 0.162 e. The fourth-order valence-corrected chi connectivity index (χ4v) is 2.56. The summed E-state index contributed by atoms with van der Waals surface area (Å²) in [5.74, 6) is 6.69. The fraction of sp³-hybridized carbons (Fsp3) is 0. The predicted octanol–water partition coefficient (Wildman–Crippen LogP) is 2.98. The lowest BCUT2D eigenvalue weighted by Gasteiger charge is -2.07. The quantitative estimate of drug-likeness (QED) is 0.438. The summed E-state index contributed by atoms with van der Waals surface area (Å²) in [4.78, 5) is 13.2. The molecule has 21 heavy (non-hydrogen) atoms. The molecule has 0 aliphatic rings. The second-order valence-electron chi connectivity index (χ2n) is 4.20. The largest absolute Gasteiger partial charge is 0.308 e. The molecule has 0 amide bonds. The summed E-state index contributed by atoms with van der Waals surface area (Å²) in [6.07, 6.45) is 1.75. The molecule has 0 saturated carbocycles. The molecule has 0 bridgehead atoms. The molecule has 0 fully saturated rings. The van der Waals surface area contributed by atoms with Gasteiger partial charge >= 0.3 is 0 Å². The van der Waals surface area contributed by atoms with Crippen molar-refractivity contribution in [1.82, 2.24) is 15.0 Å². The van der Waals surface area contributed by atoms with Gasteiger partial charge in [0.25, 0.3) is 0 Å². The van der Waals surface area contributed by atoms with E-state index in [2.05, 4.69) is 20.4 Å². The van der Waals surface area contributed by atoms with Crippen LogP contribution in [-0.2, 0) is 0 Å². The SMILES string of the molecule is NNc1cc(Sc2ccccn2)nc(-c2ccccc2)n1. The Balaban J connectivity index is 1.98. The van der Waals surface area contributed by atoms with Gasteiger partial charge in [-0.05, 0) is 23.9 Å². The first-order valence-corrected chi connectivity index (χ1v) is 7.17. The number of benzene rings is 1. The van der Waals surface area contributed by atoms with E-state index in [0.717, 1.165) is 15.6 Å². The van der Waals surface area contributed by atoms with Crippen LogP contribution >= 0.6 is 11.8 Å². The van der Waals surface area contributed by atoms with E-state index in [9.17, 15) is 0 Å². The summed E-state index contributed by atoms with van der Waals surface area (Å²) in [5.41, 5.74) is 3.52. The minimum atomic E-state index is 0.572. The number of rotatable bonds is 4. The molecule has 0 spiro atoms. The normalized spacial score (nSPS) is 10.3. The zero-order chi connectivity index (χ0) is 14.5. The van der Waals surface area contributed by atoms with Gasteiger partial charge < -0.3 is 5.43 Å². The minimum absolute atomic E-state index is 0.572. The van der Waals surface area contributed by atoms with Crippen LogP contribution in [0.4, 0.5) is 5.82 Å². The first-order chi connectivity index (χ1) is 10.3. The van der Waals surface area contributed by atoms with Gasteiger partial charge in [0.05, 0.1) is 0 Å². The number of aromatic nitrogens is 3. The number of nitrogen functional groups attached to an aromatic ring is 1. The van der Waals surface area contributed by atoms with Gasteiger partial charge in [0.2, 0.25) is 0 Å². The fourth-order valence-electron chi connectivity index (χ4n) is 1.78. The highest BCUT2D eigenvalue weighted by Gasteiger charge is 2.08. The minimum Gasteiger partial charge on any atom is -0.308 e. The van der Waals surface area contributed by atoms with Crippen LogP contribution < -0.4 is 11.3 Å². The summed E-state index contributed by atoms with van der Waals surface area (Å²) in [6.45, 7) is 0. The van der Waals surface area contributed by atoms with E-state index in [4.69, 9.17) is 5.84 Å². The molecule has 2 heterocycles. The first-order valence-electron chi connectivity index (χ1n) is 6.35. The molecule has 3 N–H and O–H groups in total. The van der Waals surface area contributed by atoms with Crippen molar-refractivity contribution in [3.8, 4) is 11.4 Å². The van der Waals surface area contributed by atoms with Crippen molar-refractivity contribution in [2.45, 2.75) is 10.1 Å². The van der Waals surface area contributed by atoms with Gasteiger partial charge in [-0.2, -0.15) is 0 Å². The van der Waals surface area contributed by atoms with Gasteiger partial charge in [-0.1, -0.05) is 36.4 Å². The van der Waals surface area contributed by atoms with Crippen molar-refractivity contribution in [3.63, 3.8) is 0 Å².